The Balaban J connectivity index is 1.59. The first kappa shape index (κ1) is 13.8. The maximum Gasteiger partial charge on any atom is 0.318 e. The number of esters is 1. The third-order valence-corrected chi connectivity index (χ3v) is 5.80. The zero-order valence-electron chi connectivity index (χ0n) is 12.7. The van der Waals surface area contributed by atoms with E-state index in [1.807, 2.05) is 0 Å². The van der Waals surface area contributed by atoms with E-state index in [0.717, 1.165) is 19.3 Å². The van der Waals surface area contributed by atoms with Gasteiger partial charge in [-0.15, -0.1) is 0 Å². The van der Waals surface area contributed by atoms with Gasteiger partial charge in [0.25, 0.3) is 11.8 Å². The van der Waals surface area contributed by atoms with Gasteiger partial charge in [-0.25, -0.2) is 4.98 Å². The highest BCUT2D eigenvalue weighted by Crippen LogP contribution is 2.60. The predicted molar refractivity (Wildman–Crippen MR) is 78.0 cm³/mol. The number of aromatic nitrogens is 2. The number of hydrogen-bond acceptors (Lipinski definition) is 4. The highest BCUT2D eigenvalue weighted by molar-refractivity contribution is 5.94. The second kappa shape index (κ2) is 4.57. The minimum Gasteiger partial charge on any atom is -0.404 e. The van der Waals surface area contributed by atoms with Gasteiger partial charge in [0, 0.05) is 7.05 Å². The molecule has 4 saturated carbocycles. The monoisotopic (exact) mass is 303 g/mol. The van der Waals surface area contributed by atoms with Crippen LogP contribution < -0.4 is 10.5 Å². The molecule has 6 heteroatoms. The van der Waals surface area contributed by atoms with Crippen molar-refractivity contribution in [3.05, 3.63) is 12.0 Å². The van der Waals surface area contributed by atoms with E-state index in [-0.39, 0.29) is 23.0 Å². The molecule has 0 unspecified atom stereocenters. The summed E-state index contributed by atoms with van der Waals surface area (Å²) in [6.07, 6.45) is 8.03. The SMILES string of the molecule is Cn1cnc(OC(=O)C23CC4CC(CC(C4)C2)C3)c1C(N)=O. The quantitative estimate of drug-likeness (QED) is 0.860. The summed E-state index contributed by atoms with van der Waals surface area (Å²) < 4.78 is 7.03. The molecule has 4 aliphatic carbocycles. The second-order valence-electron chi connectivity index (χ2n) is 7.46. The Bertz CT molecular complexity index is 614. The molecule has 4 bridgehead atoms. The number of nitrogens with zero attached hydrogens (tertiary/aromatic N) is 2. The summed E-state index contributed by atoms with van der Waals surface area (Å²) in [7, 11) is 1.66. The molecule has 2 N–H and O–H groups in total. The van der Waals surface area contributed by atoms with Crippen LogP contribution in [-0.2, 0) is 11.8 Å². The van der Waals surface area contributed by atoms with Crippen LogP contribution in [0.3, 0.4) is 0 Å². The maximum atomic E-state index is 12.8. The first-order valence-corrected chi connectivity index (χ1v) is 8.00. The average molecular weight is 303 g/mol. The molecule has 0 atom stereocenters. The molecule has 0 aliphatic heterocycles. The number of amides is 1. The van der Waals surface area contributed by atoms with Gasteiger partial charge >= 0.3 is 5.97 Å². The molecular weight excluding hydrogens is 282 g/mol. The topological polar surface area (TPSA) is 87.2 Å². The molecule has 6 nitrogen and oxygen atoms in total. The zero-order valence-corrected chi connectivity index (χ0v) is 12.7. The van der Waals surface area contributed by atoms with E-state index in [1.165, 1.54) is 30.2 Å². The molecule has 4 fully saturated rings. The van der Waals surface area contributed by atoms with Gasteiger partial charge in [-0.05, 0) is 56.3 Å². The fraction of sp³-hybridized carbons (Fsp3) is 0.688. The van der Waals surface area contributed by atoms with Gasteiger partial charge < -0.3 is 15.0 Å². The van der Waals surface area contributed by atoms with Gasteiger partial charge in [0.15, 0.2) is 5.69 Å². The molecule has 1 aromatic heterocycles. The van der Waals surface area contributed by atoms with E-state index in [9.17, 15) is 9.59 Å². The Morgan fingerprint density at radius 1 is 1.23 bits per heavy atom. The van der Waals surface area contributed by atoms with Crippen LogP contribution in [0.2, 0.25) is 0 Å². The minimum absolute atomic E-state index is 0.0516. The summed E-state index contributed by atoms with van der Waals surface area (Å²) in [5.41, 5.74) is 5.14. The van der Waals surface area contributed by atoms with E-state index < -0.39 is 5.91 Å². The van der Waals surface area contributed by atoms with E-state index >= 15 is 0 Å². The lowest BCUT2D eigenvalue weighted by Gasteiger charge is -2.55. The molecule has 1 amide bonds. The fourth-order valence-corrected chi connectivity index (χ4v) is 5.32. The fourth-order valence-electron chi connectivity index (χ4n) is 5.32. The van der Waals surface area contributed by atoms with Crippen LogP contribution in [0.15, 0.2) is 6.33 Å². The summed E-state index contributed by atoms with van der Waals surface area (Å²) in [4.78, 5) is 28.4. The minimum atomic E-state index is -0.631. The van der Waals surface area contributed by atoms with Gasteiger partial charge in [-0.1, -0.05) is 0 Å². The number of carbonyl (C=O) groups excluding carboxylic acids is 2. The smallest absolute Gasteiger partial charge is 0.318 e. The lowest BCUT2D eigenvalue weighted by atomic mass is 9.49. The molecule has 0 saturated heterocycles. The summed E-state index contributed by atoms with van der Waals surface area (Å²) in [5.74, 6) is 1.20. The number of hydrogen-bond donors (Lipinski definition) is 1. The summed E-state index contributed by atoms with van der Waals surface area (Å²) in [6, 6.07) is 0. The average Bonchev–Trinajstić information content (AvgIpc) is 2.78. The van der Waals surface area contributed by atoms with Crippen LogP contribution in [0.4, 0.5) is 0 Å². The van der Waals surface area contributed by atoms with E-state index in [2.05, 4.69) is 4.98 Å². The number of primary amides is 1. The molecule has 0 spiro atoms. The van der Waals surface area contributed by atoms with Gasteiger partial charge in [0.05, 0.1) is 11.7 Å². The van der Waals surface area contributed by atoms with Crippen molar-refractivity contribution < 1.29 is 14.3 Å². The Labute approximate surface area is 129 Å². The number of imidazole rings is 1. The Morgan fingerprint density at radius 3 is 2.27 bits per heavy atom. The van der Waals surface area contributed by atoms with Gasteiger partial charge in [0.1, 0.15) is 0 Å². The van der Waals surface area contributed by atoms with Gasteiger partial charge in [0.2, 0.25) is 0 Å². The standard InChI is InChI=1S/C16H21N3O3/c1-19-8-18-14(12(19)13(17)20)22-15(21)16-5-9-2-10(6-16)4-11(3-9)7-16/h8-11H,2-7H2,1H3,(H2,17,20). The van der Waals surface area contributed by atoms with Crippen molar-refractivity contribution in [2.75, 3.05) is 0 Å². The lowest BCUT2D eigenvalue weighted by molar-refractivity contribution is -0.161. The highest BCUT2D eigenvalue weighted by Gasteiger charge is 2.55. The van der Waals surface area contributed by atoms with E-state index in [1.54, 1.807) is 7.05 Å². The summed E-state index contributed by atoms with van der Waals surface area (Å²) >= 11 is 0. The third kappa shape index (κ3) is 1.96. The third-order valence-electron chi connectivity index (χ3n) is 5.80. The first-order valence-electron chi connectivity index (χ1n) is 8.00. The van der Waals surface area contributed by atoms with Crippen LogP contribution in [-0.4, -0.2) is 21.4 Å². The number of rotatable bonds is 3. The molecule has 0 radical (unpaired) electrons. The van der Waals surface area contributed by atoms with Crippen molar-refractivity contribution >= 4 is 11.9 Å². The molecule has 1 heterocycles. The van der Waals surface area contributed by atoms with Crippen molar-refractivity contribution in [1.29, 1.82) is 0 Å². The van der Waals surface area contributed by atoms with Crippen molar-refractivity contribution in [2.24, 2.45) is 36.0 Å². The number of nitrogens with two attached hydrogens (primary N) is 1. The largest absolute Gasteiger partial charge is 0.404 e. The molecule has 5 rings (SSSR count). The van der Waals surface area contributed by atoms with Crippen molar-refractivity contribution in [3.8, 4) is 5.88 Å². The van der Waals surface area contributed by atoms with Crippen molar-refractivity contribution in [3.63, 3.8) is 0 Å². The van der Waals surface area contributed by atoms with Crippen LogP contribution in [0.1, 0.15) is 49.0 Å². The number of aryl methyl sites for hydroxylation is 1. The predicted octanol–water partition coefficient (Wildman–Crippen LogP) is 1.64. The Morgan fingerprint density at radius 2 is 1.77 bits per heavy atom. The van der Waals surface area contributed by atoms with Gasteiger partial charge in [-0.2, -0.15) is 0 Å². The lowest BCUT2D eigenvalue weighted by Crippen LogP contribution is -2.51. The van der Waals surface area contributed by atoms with Crippen LogP contribution in [0, 0.1) is 23.2 Å². The number of ether oxygens (including phenoxy) is 1. The maximum absolute atomic E-state index is 12.8. The highest BCUT2D eigenvalue weighted by atomic mass is 16.5. The van der Waals surface area contributed by atoms with E-state index in [4.69, 9.17) is 10.5 Å². The zero-order chi connectivity index (χ0) is 15.5. The molecule has 22 heavy (non-hydrogen) atoms. The molecule has 1 aromatic rings. The summed E-state index contributed by atoms with van der Waals surface area (Å²) in [5, 5.41) is 0. The molecule has 118 valence electrons. The van der Waals surface area contributed by atoms with Crippen molar-refractivity contribution in [2.45, 2.75) is 38.5 Å². The Hall–Kier alpha value is -1.85. The normalized spacial score (nSPS) is 35.6. The number of carbonyl (C=O) groups is 2. The van der Waals surface area contributed by atoms with Crippen LogP contribution in [0.5, 0.6) is 5.88 Å². The van der Waals surface area contributed by atoms with Crippen LogP contribution >= 0.6 is 0 Å². The van der Waals surface area contributed by atoms with E-state index in [0.29, 0.717) is 17.8 Å². The summed E-state index contributed by atoms with van der Waals surface area (Å²) in [6.45, 7) is 0. The molecule has 0 aromatic carbocycles. The molecular formula is C16H21N3O3. The van der Waals surface area contributed by atoms with Gasteiger partial charge in [-0.3, -0.25) is 9.59 Å². The van der Waals surface area contributed by atoms with Crippen LogP contribution in [0.25, 0.3) is 0 Å². The Kier molecular flexibility index (Phi) is 2.86. The van der Waals surface area contributed by atoms with Crippen molar-refractivity contribution in [1.82, 2.24) is 9.55 Å². The second-order valence-corrected chi connectivity index (χ2v) is 7.46. The molecule has 4 aliphatic rings. The first-order chi connectivity index (χ1) is 10.5.